The molecule has 2 atom stereocenters. The maximum Gasteiger partial charge on any atom is 0.251 e. The summed E-state index contributed by atoms with van der Waals surface area (Å²) in [6, 6.07) is 8.32. The van der Waals surface area contributed by atoms with Gasteiger partial charge in [-0.25, -0.2) is 0 Å². The van der Waals surface area contributed by atoms with Crippen molar-refractivity contribution < 1.29 is 9.59 Å². The summed E-state index contributed by atoms with van der Waals surface area (Å²) >= 11 is 0. The predicted molar refractivity (Wildman–Crippen MR) is 95.8 cm³/mol. The summed E-state index contributed by atoms with van der Waals surface area (Å²) in [5.41, 5.74) is 1.80. The van der Waals surface area contributed by atoms with Gasteiger partial charge in [-0.3, -0.25) is 9.59 Å². The van der Waals surface area contributed by atoms with E-state index in [-0.39, 0.29) is 17.9 Å². The Bertz CT molecular complexity index is 559. The standard InChI is InChI=1S/C19H29N3O2/c1-3-10-20-19(24)16-7-4-6-15(12-16)13-21-14(2)11-17-8-5-9-18(23)22-17/h4,6-7,12,14,17,21H,3,5,8-11,13H2,1-2H3,(H,20,24)(H,22,23). The van der Waals surface area contributed by atoms with Gasteiger partial charge in [-0.15, -0.1) is 0 Å². The number of carbonyl (C=O) groups excluding carboxylic acids is 2. The van der Waals surface area contributed by atoms with Gasteiger partial charge in [-0.2, -0.15) is 0 Å². The Labute approximate surface area is 144 Å². The van der Waals surface area contributed by atoms with E-state index in [0.717, 1.165) is 37.8 Å². The Balaban J connectivity index is 1.80. The molecule has 0 aliphatic carbocycles. The van der Waals surface area contributed by atoms with Crippen LogP contribution in [0.2, 0.25) is 0 Å². The van der Waals surface area contributed by atoms with Gasteiger partial charge in [-0.1, -0.05) is 19.1 Å². The minimum atomic E-state index is -0.0170. The lowest BCUT2D eigenvalue weighted by molar-refractivity contribution is -0.123. The molecule has 1 aliphatic heterocycles. The Hall–Kier alpha value is -1.88. The van der Waals surface area contributed by atoms with Gasteiger partial charge in [-0.05, 0) is 50.3 Å². The van der Waals surface area contributed by atoms with E-state index < -0.39 is 0 Å². The van der Waals surface area contributed by atoms with Gasteiger partial charge in [0.15, 0.2) is 0 Å². The van der Waals surface area contributed by atoms with Crippen LogP contribution in [0.25, 0.3) is 0 Å². The maximum absolute atomic E-state index is 12.0. The van der Waals surface area contributed by atoms with Crippen LogP contribution in [0.4, 0.5) is 0 Å². The number of rotatable bonds is 8. The van der Waals surface area contributed by atoms with Gasteiger partial charge in [0.25, 0.3) is 5.91 Å². The summed E-state index contributed by atoms with van der Waals surface area (Å²) in [6.07, 6.45) is 4.57. The molecule has 5 heteroatoms. The number of hydrogen-bond acceptors (Lipinski definition) is 3. The number of carbonyl (C=O) groups is 2. The number of nitrogens with one attached hydrogen (secondary N) is 3. The van der Waals surface area contributed by atoms with Crippen molar-refractivity contribution in [1.29, 1.82) is 0 Å². The van der Waals surface area contributed by atoms with E-state index in [0.29, 0.717) is 24.6 Å². The average molecular weight is 331 g/mol. The summed E-state index contributed by atoms with van der Waals surface area (Å²) in [5.74, 6) is 0.154. The Morgan fingerprint density at radius 2 is 2.25 bits per heavy atom. The number of hydrogen-bond donors (Lipinski definition) is 3. The topological polar surface area (TPSA) is 70.2 Å². The molecule has 1 aromatic rings. The third-order valence-electron chi connectivity index (χ3n) is 4.34. The Kier molecular flexibility index (Phi) is 7.25. The molecule has 1 aliphatic rings. The van der Waals surface area contributed by atoms with E-state index in [1.165, 1.54) is 0 Å². The minimum Gasteiger partial charge on any atom is -0.353 e. The molecule has 132 valence electrons. The SMILES string of the molecule is CCCNC(=O)c1cccc(CNC(C)CC2CCCC(=O)N2)c1. The van der Waals surface area contributed by atoms with Crippen LogP contribution in [0.1, 0.15) is 61.9 Å². The van der Waals surface area contributed by atoms with Crippen LogP contribution in [0, 0.1) is 0 Å². The molecule has 1 aromatic carbocycles. The minimum absolute atomic E-state index is 0.0170. The van der Waals surface area contributed by atoms with Crippen LogP contribution >= 0.6 is 0 Å². The number of piperidine rings is 1. The molecule has 2 amide bonds. The molecule has 0 spiro atoms. The zero-order valence-electron chi connectivity index (χ0n) is 14.7. The monoisotopic (exact) mass is 331 g/mol. The van der Waals surface area contributed by atoms with Crippen LogP contribution in [0.3, 0.4) is 0 Å². The van der Waals surface area contributed by atoms with E-state index in [9.17, 15) is 9.59 Å². The summed E-state index contributed by atoms with van der Waals surface area (Å²) in [5, 5.41) is 9.44. The largest absolute Gasteiger partial charge is 0.353 e. The van der Waals surface area contributed by atoms with Gasteiger partial charge in [0.1, 0.15) is 0 Å². The molecule has 0 aromatic heterocycles. The first-order valence-electron chi connectivity index (χ1n) is 8.98. The second kappa shape index (κ2) is 9.42. The van der Waals surface area contributed by atoms with E-state index in [2.05, 4.69) is 22.9 Å². The normalized spacial score (nSPS) is 18.8. The predicted octanol–water partition coefficient (Wildman–Crippen LogP) is 2.36. The lowest BCUT2D eigenvalue weighted by Gasteiger charge is -2.26. The molecule has 0 radical (unpaired) electrons. The molecule has 1 fully saturated rings. The van der Waals surface area contributed by atoms with Crippen molar-refractivity contribution in [2.45, 2.75) is 64.6 Å². The Morgan fingerprint density at radius 1 is 1.42 bits per heavy atom. The lowest BCUT2D eigenvalue weighted by atomic mass is 9.98. The molecule has 24 heavy (non-hydrogen) atoms. The molecular weight excluding hydrogens is 302 g/mol. The molecule has 3 N–H and O–H groups in total. The zero-order chi connectivity index (χ0) is 17.4. The highest BCUT2D eigenvalue weighted by atomic mass is 16.2. The summed E-state index contributed by atoms with van der Waals surface area (Å²) in [6.45, 7) is 5.59. The van der Waals surface area contributed by atoms with Crippen molar-refractivity contribution in [2.75, 3.05) is 6.54 Å². The molecule has 0 saturated carbocycles. The fourth-order valence-corrected chi connectivity index (χ4v) is 3.02. The van der Waals surface area contributed by atoms with Gasteiger partial charge < -0.3 is 16.0 Å². The lowest BCUT2D eigenvalue weighted by Crippen LogP contribution is -2.42. The van der Waals surface area contributed by atoms with E-state index in [1.807, 2.05) is 31.2 Å². The molecule has 0 bridgehead atoms. The summed E-state index contributed by atoms with van der Waals surface area (Å²) in [4.78, 5) is 23.5. The zero-order valence-corrected chi connectivity index (χ0v) is 14.7. The van der Waals surface area contributed by atoms with Gasteiger partial charge in [0.05, 0.1) is 0 Å². The van der Waals surface area contributed by atoms with Crippen LogP contribution < -0.4 is 16.0 Å². The summed E-state index contributed by atoms with van der Waals surface area (Å²) in [7, 11) is 0. The number of benzene rings is 1. The Morgan fingerprint density at radius 3 is 3.00 bits per heavy atom. The first-order valence-corrected chi connectivity index (χ1v) is 8.98. The quantitative estimate of drug-likeness (QED) is 0.685. The van der Waals surface area contributed by atoms with Crippen molar-refractivity contribution in [3.8, 4) is 0 Å². The maximum atomic E-state index is 12.0. The van der Waals surface area contributed by atoms with Crippen LogP contribution in [0.15, 0.2) is 24.3 Å². The second-order valence-electron chi connectivity index (χ2n) is 6.63. The van der Waals surface area contributed by atoms with Crippen molar-refractivity contribution >= 4 is 11.8 Å². The van der Waals surface area contributed by atoms with Gasteiger partial charge >= 0.3 is 0 Å². The van der Waals surface area contributed by atoms with E-state index >= 15 is 0 Å². The summed E-state index contributed by atoms with van der Waals surface area (Å²) < 4.78 is 0. The molecule has 2 unspecified atom stereocenters. The first kappa shape index (κ1) is 18.5. The average Bonchev–Trinajstić information content (AvgIpc) is 2.58. The molecular formula is C19H29N3O2. The smallest absolute Gasteiger partial charge is 0.251 e. The van der Waals surface area contributed by atoms with Crippen molar-refractivity contribution in [1.82, 2.24) is 16.0 Å². The van der Waals surface area contributed by atoms with Crippen molar-refractivity contribution in [3.63, 3.8) is 0 Å². The van der Waals surface area contributed by atoms with Crippen molar-refractivity contribution in [2.24, 2.45) is 0 Å². The third kappa shape index (κ3) is 5.96. The van der Waals surface area contributed by atoms with Crippen LogP contribution in [0.5, 0.6) is 0 Å². The fraction of sp³-hybridized carbons (Fsp3) is 0.579. The molecule has 1 saturated heterocycles. The second-order valence-corrected chi connectivity index (χ2v) is 6.63. The first-order chi connectivity index (χ1) is 11.6. The van der Waals surface area contributed by atoms with Gasteiger partial charge in [0, 0.05) is 37.2 Å². The van der Waals surface area contributed by atoms with Crippen LogP contribution in [-0.2, 0) is 11.3 Å². The fourth-order valence-electron chi connectivity index (χ4n) is 3.02. The van der Waals surface area contributed by atoms with E-state index in [4.69, 9.17) is 0 Å². The molecule has 2 rings (SSSR count). The van der Waals surface area contributed by atoms with Crippen molar-refractivity contribution in [3.05, 3.63) is 35.4 Å². The molecule has 5 nitrogen and oxygen atoms in total. The highest BCUT2D eigenvalue weighted by Crippen LogP contribution is 2.13. The van der Waals surface area contributed by atoms with Gasteiger partial charge in [0.2, 0.25) is 5.91 Å². The van der Waals surface area contributed by atoms with E-state index in [1.54, 1.807) is 0 Å². The molecule has 1 heterocycles. The highest BCUT2D eigenvalue weighted by Gasteiger charge is 2.19. The number of amides is 2. The van der Waals surface area contributed by atoms with Crippen LogP contribution in [-0.4, -0.2) is 30.4 Å². The third-order valence-corrected chi connectivity index (χ3v) is 4.34. The highest BCUT2D eigenvalue weighted by molar-refractivity contribution is 5.94.